The second-order valence-corrected chi connectivity index (χ2v) is 9.04. The van der Waals surface area contributed by atoms with Crippen molar-refractivity contribution < 1.29 is 5.11 Å². The predicted octanol–water partition coefficient (Wildman–Crippen LogP) is 4.73. The van der Waals surface area contributed by atoms with Gasteiger partial charge in [0, 0.05) is 21.3 Å². The number of halogens is 1. The van der Waals surface area contributed by atoms with Gasteiger partial charge in [-0.15, -0.1) is 11.3 Å². The standard InChI is InChI=1S/C16H26BrNOS/c1-15(2,3)11-4-7-16(10-18,8-5-11)14(19)13-12(17)6-9-20-13/h6,9,11,14,19H,4-5,7-8,10,18H2,1-3H3. The molecule has 1 aromatic heterocycles. The lowest BCUT2D eigenvalue weighted by atomic mass is 9.62. The summed E-state index contributed by atoms with van der Waals surface area (Å²) in [5.41, 5.74) is 6.29. The van der Waals surface area contributed by atoms with Crippen LogP contribution in [-0.4, -0.2) is 11.7 Å². The average molecular weight is 360 g/mol. The molecule has 0 amide bonds. The Hall–Kier alpha value is 0.100. The smallest absolute Gasteiger partial charge is 0.0961 e. The molecular formula is C16H26BrNOS. The first kappa shape index (κ1) is 16.5. The lowest BCUT2D eigenvalue weighted by molar-refractivity contribution is -0.0218. The van der Waals surface area contributed by atoms with Crippen LogP contribution in [0.25, 0.3) is 0 Å². The zero-order chi connectivity index (χ0) is 15.0. The van der Waals surface area contributed by atoms with Gasteiger partial charge in [0.25, 0.3) is 0 Å². The van der Waals surface area contributed by atoms with Crippen LogP contribution in [0.4, 0.5) is 0 Å². The molecule has 1 aliphatic rings. The molecule has 4 heteroatoms. The Morgan fingerprint density at radius 2 is 2.05 bits per heavy atom. The van der Waals surface area contributed by atoms with E-state index in [-0.39, 0.29) is 5.41 Å². The topological polar surface area (TPSA) is 46.2 Å². The number of aliphatic hydroxyl groups is 1. The second kappa shape index (κ2) is 6.07. The number of rotatable bonds is 3. The first-order valence-corrected chi connectivity index (χ1v) is 9.08. The van der Waals surface area contributed by atoms with Crippen molar-refractivity contribution in [3.05, 3.63) is 20.8 Å². The van der Waals surface area contributed by atoms with Crippen molar-refractivity contribution in [1.29, 1.82) is 0 Å². The van der Waals surface area contributed by atoms with Crippen molar-refractivity contribution in [1.82, 2.24) is 0 Å². The average Bonchev–Trinajstić information content (AvgIpc) is 2.83. The van der Waals surface area contributed by atoms with Crippen molar-refractivity contribution in [2.75, 3.05) is 6.54 Å². The van der Waals surface area contributed by atoms with Gasteiger partial charge in [0.2, 0.25) is 0 Å². The number of hydrogen-bond acceptors (Lipinski definition) is 3. The minimum absolute atomic E-state index is 0.144. The van der Waals surface area contributed by atoms with E-state index in [2.05, 4.69) is 36.7 Å². The highest BCUT2D eigenvalue weighted by molar-refractivity contribution is 9.10. The van der Waals surface area contributed by atoms with Crippen LogP contribution in [0.1, 0.15) is 57.4 Å². The van der Waals surface area contributed by atoms with Gasteiger partial charge in [0.05, 0.1) is 6.10 Å². The maximum absolute atomic E-state index is 10.9. The molecule has 20 heavy (non-hydrogen) atoms. The minimum Gasteiger partial charge on any atom is -0.387 e. The minimum atomic E-state index is -0.442. The molecule has 2 nitrogen and oxygen atoms in total. The summed E-state index contributed by atoms with van der Waals surface area (Å²) in [6.07, 6.45) is 3.94. The van der Waals surface area contributed by atoms with Crippen LogP contribution in [0.3, 0.4) is 0 Å². The third-order valence-corrected chi connectivity index (χ3v) is 7.01. The highest BCUT2D eigenvalue weighted by Gasteiger charge is 2.43. The number of nitrogens with two attached hydrogens (primary N) is 1. The van der Waals surface area contributed by atoms with Crippen molar-refractivity contribution >= 4 is 27.3 Å². The van der Waals surface area contributed by atoms with Gasteiger partial charge in [-0.05, 0) is 64.4 Å². The molecule has 3 N–H and O–H groups in total. The maximum Gasteiger partial charge on any atom is 0.0961 e. The molecule has 1 aromatic rings. The molecule has 1 fully saturated rings. The van der Waals surface area contributed by atoms with E-state index in [1.165, 1.54) is 12.8 Å². The fourth-order valence-electron chi connectivity index (χ4n) is 3.43. The van der Waals surface area contributed by atoms with Gasteiger partial charge in [-0.2, -0.15) is 0 Å². The van der Waals surface area contributed by atoms with Crippen molar-refractivity contribution in [2.24, 2.45) is 22.5 Å². The van der Waals surface area contributed by atoms with Gasteiger partial charge in [-0.25, -0.2) is 0 Å². The fourth-order valence-corrected chi connectivity index (χ4v) is 5.14. The number of thiophene rings is 1. The number of hydrogen-bond donors (Lipinski definition) is 2. The van der Waals surface area contributed by atoms with Gasteiger partial charge < -0.3 is 10.8 Å². The summed E-state index contributed by atoms with van der Waals surface area (Å²) < 4.78 is 1.01. The summed E-state index contributed by atoms with van der Waals surface area (Å²) in [5, 5.41) is 12.9. The van der Waals surface area contributed by atoms with Crippen LogP contribution < -0.4 is 5.73 Å². The van der Waals surface area contributed by atoms with E-state index in [1.54, 1.807) is 11.3 Å². The molecule has 0 spiro atoms. The highest BCUT2D eigenvalue weighted by Crippen LogP contribution is 2.52. The van der Waals surface area contributed by atoms with Crippen molar-refractivity contribution in [2.45, 2.75) is 52.6 Å². The lowest BCUT2D eigenvalue weighted by Crippen LogP contribution is -2.41. The van der Waals surface area contributed by atoms with Gasteiger partial charge in [0.15, 0.2) is 0 Å². The molecule has 0 bridgehead atoms. The maximum atomic E-state index is 10.9. The largest absolute Gasteiger partial charge is 0.387 e. The molecule has 114 valence electrons. The normalized spacial score (nSPS) is 29.4. The van der Waals surface area contributed by atoms with E-state index in [4.69, 9.17) is 5.73 Å². The van der Waals surface area contributed by atoms with Crippen molar-refractivity contribution in [3.8, 4) is 0 Å². The van der Waals surface area contributed by atoms with Crippen LogP contribution >= 0.6 is 27.3 Å². The first-order chi connectivity index (χ1) is 9.30. The van der Waals surface area contributed by atoms with Gasteiger partial charge in [-0.1, -0.05) is 20.8 Å². The van der Waals surface area contributed by atoms with E-state index in [0.29, 0.717) is 12.0 Å². The monoisotopic (exact) mass is 359 g/mol. The van der Waals surface area contributed by atoms with E-state index < -0.39 is 6.10 Å². The third kappa shape index (κ3) is 3.13. The summed E-state index contributed by atoms with van der Waals surface area (Å²) >= 11 is 5.16. The van der Waals surface area contributed by atoms with Crippen LogP contribution in [-0.2, 0) is 0 Å². The molecule has 1 heterocycles. The first-order valence-electron chi connectivity index (χ1n) is 7.41. The van der Waals surface area contributed by atoms with E-state index in [0.717, 1.165) is 28.1 Å². The van der Waals surface area contributed by atoms with E-state index in [9.17, 15) is 5.11 Å². The Kier molecular flexibility index (Phi) is 5.00. The van der Waals surface area contributed by atoms with Crippen LogP contribution in [0.5, 0.6) is 0 Å². The van der Waals surface area contributed by atoms with Crippen LogP contribution in [0, 0.1) is 16.7 Å². The van der Waals surface area contributed by atoms with E-state index in [1.807, 2.05) is 11.4 Å². The molecule has 0 aliphatic heterocycles. The highest BCUT2D eigenvalue weighted by atomic mass is 79.9. The molecule has 2 rings (SSSR count). The van der Waals surface area contributed by atoms with Crippen molar-refractivity contribution in [3.63, 3.8) is 0 Å². The summed E-state index contributed by atoms with van der Waals surface area (Å²) in [4.78, 5) is 1.03. The van der Waals surface area contributed by atoms with E-state index >= 15 is 0 Å². The Bertz CT molecular complexity index is 444. The molecule has 1 aliphatic carbocycles. The lowest BCUT2D eigenvalue weighted by Gasteiger charge is -2.45. The molecule has 0 radical (unpaired) electrons. The quantitative estimate of drug-likeness (QED) is 0.819. The van der Waals surface area contributed by atoms with Crippen LogP contribution in [0.15, 0.2) is 15.9 Å². The molecule has 0 aromatic carbocycles. The number of aliphatic hydroxyl groups excluding tert-OH is 1. The van der Waals surface area contributed by atoms with Gasteiger partial charge in [-0.3, -0.25) is 0 Å². The molecule has 1 saturated carbocycles. The molecule has 0 saturated heterocycles. The molecule has 1 unspecified atom stereocenters. The molecule has 1 atom stereocenters. The molecular weight excluding hydrogens is 334 g/mol. The Morgan fingerprint density at radius 1 is 1.45 bits per heavy atom. The Morgan fingerprint density at radius 3 is 2.45 bits per heavy atom. The third-order valence-electron chi connectivity index (χ3n) is 5.09. The Balaban J connectivity index is 2.15. The summed E-state index contributed by atoms with van der Waals surface area (Å²) in [6.45, 7) is 7.52. The zero-order valence-electron chi connectivity index (χ0n) is 12.7. The zero-order valence-corrected chi connectivity index (χ0v) is 15.1. The fraction of sp³-hybridized carbons (Fsp3) is 0.750. The summed E-state index contributed by atoms with van der Waals surface area (Å²) in [7, 11) is 0. The summed E-state index contributed by atoms with van der Waals surface area (Å²) in [5.74, 6) is 0.737. The second-order valence-electron chi connectivity index (χ2n) is 7.24. The predicted molar refractivity (Wildman–Crippen MR) is 89.9 cm³/mol. The Labute approximate surface area is 134 Å². The van der Waals surface area contributed by atoms with Gasteiger partial charge >= 0.3 is 0 Å². The van der Waals surface area contributed by atoms with Gasteiger partial charge in [0.1, 0.15) is 0 Å². The van der Waals surface area contributed by atoms with Crippen LogP contribution in [0.2, 0.25) is 0 Å². The SMILES string of the molecule is CC(C)(C)C1CCC(CN)(C(O)c2sccc2Br)CC1. The summed E-state index contributed by atoms with van der Waals surface area (Å²) in [6, 6.07) is 2.01.